The molecule has 0 spiro atoms. The third-order valence-electron chi connectivity index (χ3n) is 2.68. The summed E-state index contributed by atoms with van der Waals surface area (Å²) < 4.78 is 1.96. The number of hydrogen-bond acceptors (Lipinski definition) is 2. The smallest absolute Gasteiger partial charge is 0.200 e. The molecule has 0 radical (unpaired) electrons. The second-order valence-corrected chi connectivity index (χ2v) is 3.78. The number of hydrogen-bond donors (Lipinski definition) is 1. The molecule has 1 unspecified atom stereocenters. The van der Waals surface area contributed by atoms with Gasteiger partial charge < -0.3 is 10.3 Å². The number of nitrogens with zero attached hydrogens (tertiary/aromatic N) is 2. The fourth-order valence-electron chi connectivity index (χ4n) is 1.66. The van der Waals surface area contributed by atoms with Gasteiger partial charge in [0, 0.05) is 12.4 Å². The number of aromatic nitrogens is 2. The molecule has 0 fully saturated rings. The molecule has 2 aromatic rings. The molecule has 3 heteroatoms. The quantitative estimate of drug-likeness (QED) is 0.810. The largest absolute Gasteiger partial charge is 0.369 e. The van der Waals surface area contributed by atoms with Crippen LogP contribution >= 0.6 is 0 Å². The van der Waals surface area contributed by atoms with E-state index in [9.17, 15) is 0 Å². The Hall–Kier alpha value is -1.77. The number of nitrogens with two attached hydrogens (primary N) is 1. The molecular formula is C12H15N3. The van der Waals surface area contributed by atoms with Gasteiger partial charge >= 0.3 is 0 Å². The molecule has 1 atom stereocenters. The van der Waals surface area contributed by atoms with Crippen molar-refractivity contribution in [3.63, 3.8) is 0 Å². The minimum Gasteiger partial charge on any atom is -0.369 e. The van der Waals surface area contributed by atoms with Gasteiger partial charge in [-0.3, -0.25) is 0 Å². The molecule has 0 saturated heterocycles. The van der Waals surface area contributed by atoms with E-state index in [1.807, 2.05) is 10.8 Å². The van der Waals surface area contributed by atoms with Crippen LogP contribution in [0.15, 0.2) is 36.7 Å². The Morgan fingerprint density at radius 3 is 2.47 bits per heavy atom. The zero-order valence-electron chi connectivity index (χ0n) is 9.01. The molecular weight excluding hydrogens is 186 g/mol. The molecule has 1 aromatic carbocycles. The predicted molar refractivity (Wildman–Crippen MR) is 61.6 cm³/mol. The van der Waals surface area contributed by atoms with Crippen molar-refractivity contribution in [2.75, 3.05) is 5.73 Å². The maximum atomic E-state index is 5.76. The predicted octanol–water partition coefficient (Wildman–Crippen LogP) is 2.38. The van der Waals surface area contributed by atoms with Gasteiger partial charge in [-0.1, -0.05) is 29.8 Å². The van der Waals surface area contributed by atoms with Crippen LogP contribution in [0.5, 0.6) is 0 Å². The van der Waals surface area contributed by atoms with Gasteiger partial charge in [-0.05, 0) is 19.4 Å². The maximum Gasteiger partial charge on any atom is 0.200 e. The third kappa shape index (κ3) is 1.86. The number of aryl methyl sites for hydroxylation is 1. The second kappa shape index (κ2) is 3.77. The summed E-state index contributed by atoms with van der Waals surface area (Å²) >= 11 is 0. The maximum absolute atomic E-state index is 5.76. The van der Waals surface area contributed by atoms with Crippen LogP contribution in [0.1, 0.15) is 24.1 Å². The lowest BCUT2D eigenvalue weighted by Crippen LogP contribution is -2.09. The van der Waals surface area contributed by atoms with Crippen molar-refractivity contribution < 1.29 is 0 Å². The van der Waals surface area contributed by atoms with Gasteiger partial charge in [0.25, 0.3) is 0 Å². The molecule has 1 heterocycles. The van der Waals surface area contributed by atoms with E-state index in [0.717, 1.165) is 0 Å². The number of benzene rings is 1. The van der Waals surface area contributed by atoms with Crippen LogP contribution in [0.4, 0.5) is 5.95 Å². The number of imidazole rings is 1. The Bertz CT molecular complexity index is 442. The Labute approximate surface area is 89.6 Å². The first-order chi connectivity index (χ1) is 7.18. The Morgan fingerprint density at radius 2 is 1.93 bits per heavy atom. The van der Waals surface area contributed by atoms with Crippen LogP contribution in [0, 0.1) is 6.92 Å². The van der Waals surface area contributed by atoms with E-state index in [2.05, 4.69) is 43.1 Å². The highest BCUT2D eigenvalue weighted by Gasteiger charge is 2.09. The highest BCUT2D eigenvalue weighted by Crippen LogP contribution is 2.20. The van der Waals surface area contributed by atoms with Crippen molar-refractivity contribution in [3.05, 3.63) is 47.8 Å². The first-order valence-electron chi connectivity index (χ1n) is 5.03. The van der Waals surface area contributed by atoms with Gasteiger partial charge in [0.15, 0.2) is 0 Å². The fraction of sp³-hybridized carbons (Fsp3) is 0.250. The zero-order chi connectivity index (χ0) is 10.8. The summed E-state index contributed by atoms with van der Waals surface area (Å²) in [4.78, 5) is 4.02. The molecule has 0 aliphatic rings. The lowest BCUT2D eigenvalue weighted by Gasteiger charge is -2.15. The summed E-state index contributed by atoms with van der Waals surface area (Å²) in [5.74, 6) is 0.558. The van der Waals surface area contributed by atoms with Crippen LogP contribution in [-0.2, 0) is 0 Å². The number of rotatable bonds is 2. The van der Waals surface area contributed by atoms with Gasteiger partial charge in [0.2, 0.25) is 5.95 Å². The van der Waals surface area contributed by atoms with Gasteiger partial charge in [0.1, 0.15) is 0 Å². The topological polar surface area (TPSA) is 43.8 Å². The van der Waals surface area contributed by atoms with Crippen LogP contribution < -0.4 is 5.73 Å². The van der Waals surface area contributed by atoms with E-state index in [0.29, 0.717) is 5.95 Å². The molecule has 0 aliphatic carbocycles. The minimum atomic E-state index is 0.230. The van der Waals surface area contributed by atoms with E-state index in [1.54, 1.807) is 6.20 Å². The van der Waals surface area contributed by atoms with Gasteiger partial charge in [-0.2, -0.15) is 0 Å². The van der Waals surface area contributed by atoms with Crippen LogP contribution in [0.2, 0.25) is 0 Å². The fourth-order valence-corrected chi connectivity index (χ4v) is 1.66. The van der Waals surface area contributed by atoms with Crippen LogP contribution in [0.25, 0.3) is 0 Å². The lowest BCUT2D eigenvalue weighted by atomic mass is 10.1. The summed E-state index contributed by atoms with van der Waals surface area (Å²) in [5, 5.41) is 0. The average Bonchev–Trinajstić information content (AvgIpc) is 2.65. The molecule has 0 amide bonds. The first-order valence-corrected chi connectivity index (χ1v) is 5.03. The molecule has 1 aromatic heterocycles. The molecule has 0 bridgehead atoms. The van der Waals surface area contributed by atoms with Crippen LogP contribution in [-0.4, -0.2) is 9.55 Å². The highest BCUT2D eigenvalue weighted by molar-refractivity contribution is 5.28. The molecule has 0 saturated carbocycles. The van der Waals surface area contributed by atoms with Crippen molar-refractivity contribution >= 4 is 5.95 Å². The second-order valence-electron chi connectivity index (χ2n) is 3.78. The van der Waals surface area contributed by atoms with Crippen LogP contribution in [0.3, 0.4) is 0 Å². The third-order valence-corrected chi connectivity index (χ3v) is 2.68. The number of anilines is 1. The number of nitrogen functional groups attached to an aromatic ring is 1. The molecule has 0 aliphatic heterocycles. The summed E-state index contributed by atoms with van der Waals surface area (Å²) in [7, 11) is 0. The summed E-state index contributed by atoms with van der Waals surface area (Å²) in [6, 6.07) is 8.70. The van der Waals surface area contributed by atoms with Gasteiger partial charge in [-0.15, -0.1) is 0 Å². The Balaban J connectivity index is 2.32. The molecule has 3 nitrogen and oxygen atoms in total. The molecule has 78 valence electrons. The summed E-state index contributed by atoms with van der Waals surface area (Å²) in [5.41, 5.74) is 8.27. The van der Waals surface area contributed by atoms with Crippen molar-refractivity contribution in [2.24, 2.45) is 0 Å². The lowest BCUT2D eigenvalue weighted by molar-refractivity contribution is 0.648. The summed E-state index contributed by atoms with van der Waals surface area (Å²) in [6.07, 6.45) is 3.62. The van der Waals surface area contributed by atoms with Gasteiger partial charge in [0.05, 0.1) is 6.04 Å². The van der Waals surface area contributed by atoms with E-state index in [1.165, 1.54) is 11.1 Å². The minimum absolute atomic E-state index is 0.230. The highest BCUT2D eigenvalue weighted by atomic mass is 15.1. The normalized spacial score (nSPS) is 12.7. The molecule has 15 heavy (non-hydrogen) atoms. The van der Waals surface area contributed by atoms with E-state index in [4.69, 9.17) is 5.73 Å². The van der Waals surface area contributed by atoms with Gasteiger partial charge in [-0.25, -0.2) is 4.98 Å². The zero-order valence-corrected chi connectivity index (χ0v) is 9.01. The summed E-state index contributed by atoms with van der Waals surface area (Å²) in [6.45, 7) is 4.20. The van der Waals surface area contributed by atoms with E-state index in [-0.39, 0.29) is 6.04 Å². The SMILES string of the molecule is Cc1ccc(C(C)n2ccnc2N)cc1. The average molecular weight is 201 g/mol. The first kappa shape index (κ1) is 9.77. The standard InChI is InChI=1S/C12H15N3/c1-9-3-5-11(6-4-9)10(2)15-8-7-14-12(15)13/h3-8,10H,1-2H3,(H2,13,14). The van der Waals surface area contributed by atoms with Crippen molar-refractivity contribution in [1.29, 1.82) is 0 Å². The van der Waals surface area contributed by atoms with Crippen molar-refractivity contribution in [3.8, 4) is 0 Å². The van der Waals surface area contributed by atoms with Crippen molar-refractivity contribution in [1.82, 2.24) is 9.55 Å². The van der Waals surface area contributed by atoms with Crippen molar-refractivity contribution in [2.45, 2.75) is 19.9 Å². The van der Waals surface area contributed by atoms with E-state index < -0.39 is 0 Å². The van der Waals surface area contributed by atoms with E-state index >= 15 is 0 Å². The Morgan fingerprint density at radius 1 is 1.27 bits per heavy atom. The monoisotopic (exact) mass is 201 g/mol. The molecule has 2 rings (SSSR count). The Kier molecular flexibility index (Phi) is 2.46. The molecule has 2 N–H and O–H groups in total.